The molecule has 13 heavy (non-hydrogen) atoms. The predicted molar refractivity (Wildman–Crippen MR) is 47.4 cm³/mol. The monoisotopic (exact) mass is 188 g/mol. The Labute approximate surface area is 77.6 Å². The fourth-order valence-corrected chi connectivity index (χ4v) is 0.740. The molecule has 1 amide bonds. The minimum Gasteiger partial charge on any atom is -0.339 e. The van der Waals surface area contributed by atoms with E-state index >= 15 is 0 Å². The molecular formula is C8H16N2O3. The summed E-state index contributed by atoms with van der Waals surface area (Å²) in [6.45, 7) is 3.26. The molecule has 0 aliphatic carbocycles. The second-order valence-corrected chi connectivity index (χ2v) is 2.83. The van der Waals surface area contributed by atoms with Crippen LogP contribution in [0.5, 0.6) is 0 Å². The molecule has 0 aromatic rings. The molecule has 0 heterocycles. The lowest BCUT2D eigenvalue weighted by Gasteiger charge is -2.09. The summed E-state index contributed by atoms with van der Waals surface area (Å²) in [5, 5.41) is 0. The average molecular weight is 188 g/mol. The van der Waals surface area contributed by atoms with E-state index in [-0.39, 0.29) is 0 Å². The maximum Gasteiger partial charge on any atom is 0.348 e. The Morgan fingerprint density at radius 1 is 1.54 bits per heavy atom. The van der Waals surface area contributed by atoms with Gasteiger partial charge in [0.05, 0.1) is 0 Å². The lowest BCUT2D eigenvalue weighted by molar-refractivity contribution is -0.158. The quantitative estimate of drug-likeness (QED) is 0.613. The van der Waals surface area contributed by atoms with Crippen molar-refractivity contribution in [2.24, 2.45) is 5.73 Å². The van der Waals surface area contributed by atoms with Crippen LogP contribution in [0.4, 0.5) is 0 Å². The van der Waals surface area contributed by atoms with E-state index in [9.17, 15) is 9.59 Å². The van der Waals surface area contributed by atoms with Gasteiger partial charge in [-0.3, -0.25) is 4.79 Å². The van der Waals surface area contributed by atoms with E-state index in [4.69, 9.17) is 5.73 Å². The van der Waals surface area contributed by atoms with Crippen LogP contribution in [0.3, 0.4) is 0 Å². The molecule has 0 saturated carbocycles. The van der Waals surface area contributed by atoms with Gasteiger partial charge >= 0.3 is 5.97 Å². The highest BCUT2D eigenvalue weighted by molar-refractivity contribution is 5.78. The van der Waals surface area contributed by atoms with Crippen molar-refractivity contribution in [1.29, 1.82) is 0 Å². The second kappa shape index (κ2) is 6.42. The van der Waals surface area contributed by atoms with E-state index in [0.717, 1.165) is 12.8 Å². The van der Waals surface area contributed by atoms with E-state index in [1.165, 1.54) is 6.92 Å². The molecule has 0 aliphatic heterocycles. The van der Waals surface area contributed by atoms with Crippen molar-refractivity contribution in [3.05, 3.63) is 0 Å². The number of nitrogens with two attached hydrogens (primary N) is 1. The molecule has 0 fully saturated rings. The van der Waals surface area contributed by atoms with Gasteiger partial charge in [0.2, 0.25) is 5.91 Å². The lowest BCUT2D eigenvalue weighted by Crippen LogP contribution is -2.37. The number of carbonyl (C=O) groups excluding carboxylic acids is 2. The molecule has 0 aromatic heterocycles. The summed E-state index contributed by atoms with van der Waals surface area (Å²) in [6.07, 6.45) is 2.42. The van der Waals surface area contributed by atoms with Crippen molar-refractivity contribution in [2.75, 3.05) is 0 Å². The number of rotatable bonds is 4. The number of hydrogen-bond acceptors (Lipinski definition) is 4. The molecule has 5 nitrogen and oxygen atoms in total. The van der Waals surface area contributed by atoms with Crippen LogP contribution < -0.4 is 11.2 Å². The van der Waals surface area contributed by atoms with E-state index in [1.807, 2.05) is 12.4 Å². The van der Waals surface area contributed by atoms with Gasteiger partial charge < -0.3 is 10.6 Å². The smallest absolute Gasteiger partial charge is 0.339 e. The topological polar surface area (TPSA) is 81.4 Å². The van der Waals surface area contributed by atoms with E-state index in [0.29, 0.717) is 6.42 Å². The largest absolute Gasteiger partial charge is 0.348 e. The Bertz CT molecular complexity index is 182. The van der Waals surface area contributed by atoms with Gasteiger partial charge in [-0.05, 0) is 6.42 Å². The number of hydroxylamine groups is 1. The first kappa shape index (κ1) is 11.9. The maximum atomic E-state index is 11.0. The van der Waals surface area contributed by atoms with Crippen molar-refractivity contribution in [1.82, 2.24) is 5.48 Å². The van der Waals surface area contributed by atoms with E-state index in [2.05, 4.69) is 4.84 Å². The summed E-state index contributed by atoms with van der Waals surface area (Å²) in [6, 6.07) is -0.646. The van der Waals surface area contributed by atoms with Crippen LogP contribution in [0, 0.1) is 0 Å². The summed E-state index contributed by atoms with van der Waals surface area (Å²) in [5.74, 6) is -1.01. The number of nitrogens with one attached hydrogen (secondary N) is 1. The molecule has 76 valence electrons. The fraction of sp³-hybridized carbons (Fsp3) is 0.750. The van der Waals surface area contributed by atoms with Gasteiger partial charge in [-0.2, -0.15) is 5.48 Å². The van der Waals surface area contributed by atoms with Crippen molar-refractivity contribution in [3.8, 4) is 0 Å². The highest BCUT2D eigenvalue weighted by Gasteiger charge is 2.14. The molecule has 0 saturated heterocycles. The van der Waals surface area contributed by atoms with E-state index < -0.39 is 17.9 Å². The Morgan fingerprint density at radius 3 is 2.62 bits per heavy atom. The summed E-state index contributed by atoms with van der Waals surface area (Å²) >= 11 is 0. The molecule has 0 spiro atoms. The van der Waals surface area contributed by atoms with Crippen LogP contribution in [0.15, 0.2) is 0 Å². The third-order valence-electron chi connectivity index (χ3n) is 1.47. The zero-order valence-electron chi connectivity index (χ0n) is 8.00. The van der Waals surface area contributed by atoms with Crippen LogP contribution >= 0.6 is 0 Å². The molecule has 0 bridgehead atoms. The first-order valence-electron chi connectivity index (χ1n) is 4.30. The van der Waals surface area contributed by atoms with Gasteiger partial charge in [-0.1, -0.05) is 19.8 Å². The average Bonchev–Trinajstić information content (AvgIpc) is 2.10. The highest BCUT2D eigenvalue weighted by atomic mass is 16.7. The number of carbonyl (C=O) groups is 2. The lowest BCUT2D eigenvalue weighted by atomic mass is 10.1. The van der Waals surface area contributed by atoms with Crippen molar-refractivity contribution < 1.29 is 14.4 Å². The highest BCUT2D eigenvalue weighted by Crippen LogP contribution is 1.98. The number of unbranched alkanes of at least 4 members (excludes halogenated alkanes) is 1. The fourth-order valence-electron chi connectivity index (χ4n) is 0.740. The minimum absolute atomic E-state index is 0.420. The van der Waals surface area contributed by atoms with Gasteiger partial charge in [0, 0.05) is 6.92 Å². The minimum atomic E-state index is -0.646. The predicted octanol–water partition coefficient (Wildman–Crippen LogP) is 0.0982. The Hall–Kier alpha value is -1.10. The van der Waals surface area contributed by atoms with Crippen molar-refractivity contribution >= 4 is 11.9 Å². The summed E-state index contributed by atoms with van der Waals surface area (Å²) in [5.41, 5.74) is 7.40. The zero-order valence-corrected chi connectivity index (χ0v) is 8.00. The SMILES string of the molecule is CCCCC(N)C(=O)ONC(C)=O. The van der Waals surface area contributed by atoms with Gasteiger partial charge in [0.1, 0.15) is 6.04 Å². The van der Waals surface area contributed by atoms with Crippen LogP contribution in [0.1, 0.15) is 33.1 Å². The molecule has 0 aromatic carbocycles. The molecule has 5 heteroatoms. The van der Waals surface area contributed by atoms with E-state index in [1.54, 1.807) is 0 Å². The summed E-state index contributed by atoms with van der Waals surface area (Å²) in [4.78, 5) is 25.7. The van der Waals surface area contributed by atoms with Crippen molar-refractivity contribution in [2.45, 2.75) is 39.2 Å². The Morgan fingerprint density at radius 2 is 2.15 bits per heavy atom. The molecule has 3 N–H and O–H groups in total. The first-order chi connectivity index (χ1) is 6.07. The van der Waals surface area contributed by atoms with Crippen LogP contribution in [-0.4, -0.2) is 17.9 Å². The van der Waals surface area contributed by atoms with Crippen LogP contribution in [0.25, 0.3) is 0 Å². The van der Waals surface area contributed by atoms with Crippen molar-refractivity contribution in [3.63, 3.8) is 0 Å². The third kappa shape index (κ3) is 6.10. The number of hydrogen-bond donors (Lipinski definition) is 2. The van der Waals surface area contributed by atoms with Gasteiger partial charge in [-0.15, -0.1) is 0 Å². The summed E-state index contributed by atoms with van der Waals surface area (Å²) in [7, 11) is 0. The molecule has 0 aliphatic rings. The standard InChI is InChI=1S/C8H16N2O3/c1-3-4-5-7(9)8(12)13-10-6(2)11/h7H,3-5,9H2,1-2H3,(H,10,11). The Kier molecular flexibility index (Phi) is 5.88. The maximum absolute atomic E-state index is 11.0. The molecule has 0 radical (unpaired) electrons. The van der Waals surface area contributed by atoms with Gasteiger partial charge in [0.15, 0.2) is 0 Å². The summed E-state index contributed by atoms with van der Waals surface area (Å²) < 4.78 is 0. The Balaban J connectivity index is 3.63. The molecular weight excluding hydrogens is 172 g/mol. The zero-order chi connectivity index (χ0) is 10.3. The molecule has 0 rings (SSSR count). The van der Waals surface area contributed by atoms with Gasteiger partial charge in [0.25, 0.3) is 0 Å². The third-order valence-corrected chi connectivity index (χ3v) is 1.47. The molecule has 1 unspecified atom stereocenters. The number of amides is 1. The van der Waals surface area contributed by atoms with Crippen LogP contribution in [-0.2, 0) is 14.4 Å². The first-order valence-corrected chi connectivity index (χ1v) is 4.30. The van der Waals surface area contributed by atoms with Crippen LogP contribution in [0.2, 0.25) is 0 Å². The normalized spacial score (nSPS) is 11.9. The van der Waals surface area contributed by atoms with Gasteiger partial charge in [-0.25, -0.2) is 4.79 Å². The molecule has 1 atom stereocenters. The second-order valence-electron chi connectivity index (χ2n) is 2.83.